The molecule has 0 aliphatic rings. The molecule has 2 N–H and O–H groups in total. The van der Waals surface area contributed by atoms with E-state index in [0.29, 0.717) is 6.54 Å². The van der Waals surface area contributed by atoms with Crippen molar-refractivity contribution in [2.24, 2.45) is 0 Å². The molecule has 1 heterocycles. The molecule has 3 nitrogen and oxygen atoms in total. The Hall–Kier alpha value is -0.840. The quantitative estimate of drug-likeness (QED) is 0.827. The Morgan fingerprint density at radius 1 is 1.50 bits per heavy atom. The molecular weight excluding hydrogens is 244 g/mol. The van der Waals surface area contributed by atoms with Crippen LogP contribution in [-0.4, -0.2) is 12.1 Å². The van der Waals surface area contributed by atoms with Gasteiger partial charge in [-0.3, -0.25) is 0 Å². The number of hydrogen-bond donors (Lipinski definition) is 2. The van der Waals surface area contributed by atoms with E-state index >= 15 is 0 Å². The summed E-state index contributed by atoms with van der Waals surface area (Å²) in [5, 5.41) is 1.19. The van der Waals surface area contributed by atoms with Gasteiger partial charge in [0.25, 0.3) is 0 Å². The number of nitrogens with one attached hydrogen (secondary N) is 2. The number of aromatic nitrogens is 1. The number of para-hydroxylation sites is 1. The van der Waals surface area contributed by atoms with E-state index in [9.17, 15) is 0 Å². The first-order valence-corrected chi connectivity index (χ1v) is 5.12. The van der Waals surface area contributed by atoms with Crippen molar-refractivity contribution >= 4 is 26.8 Å². The van der Waals surface area contributed by atoms with Crippen LogP contribution in [-0.2, 0) is 11.4 Å². The van der Waals surface area contributed by atoms with Gasteiger partial charge in [-0.15, -0.1) is 0 Å². The van der Waals surface area contributed by atoms with Crippen molar-refractivity contribution in [1.82, 2.24) is 10.5 Å². The van der Waals surface area contributed by atoms with Gasteiger partial charge < -0.3 is 9.82 Å². The molecule has 0 atom stereocenters. The zero-order valence-electron chi connectivity index (χ0n) is 7.80. The average molecular weight is 255 g/mol. The number of rotatable bonds is 3. The van der Waals surface area contributed by atoms with Crippen molar-refractivity contribution in [1.29, 1.82) is 0 Å². The lowest BCUT2D eigenvalue weighted by atomic mass is 10.1. The largest absolute Gasteiger partial charge is 0.360 e. The van der Waals surface area contributed by atoms with Crippen LogP contribution in [0.2, 0.25) is 0 Å². The Labute approximate surface area is 90.5 Å². The van der Waals surface area contributed by atoms with E-state index in [1.54, 1.807) is 7.11 Å². The van der Waals surface area contributed by atoms with Crippen LogP contribution < -0.4 is 5.48 Å². The minimum Gasteiger partial charge on any atom is -0.360 e. The maximum absolute atomic E-state index is 4.83. The molecule has 2 rings (SSSR count). The monoisotopic (exact) mass is 254 g/mol. The molecule has 0 radical (unpaired) electrons. The summed E-state index contributed by atoms with van der Waals surface area (Å²) >= 11 is 3.49. The highest BCUT2D eigenvalue weighted by Gasteiger charge is 2.04. The lowest BCUT2D eigenvalue weighted by Crippen LogP contribution is -2.10. The fourth-order valence-corrected chi connectivity index (χ4v) is 1.92. The number of hydroxylamine groups is 1. The van der Waals surface area contributed by atoms with Crippen LogP contribution in [0.25, 0.3) is 10.9 Å². The van der Waals surface area contributed by atoms with E-state index in [2.05, 4.69) is 38.5 Å². The van der Waals surface area contributed by atoms with Gasteiger partial charge in [-0.1, -0.05) is 18.2 Å². The SMILES string of the molecule is CONCc1cccc2c(Br)c[nH]c12. The fraction of sp³-hybridized carbons (Fsp3) is 0.200. The second-order valence-corrected chi connectivity index (χ2v) is 3.86. The highest BCUT2D eigenvalue weighted by molar-refractivity contribution is 9.10. The van der Waals surface area contributed by atoms with Crippen molar-refractivity contribution in [3.63, 3.8) is 0 Å². The molecule has 0 aliphatic heterocycles. The van der Waals surface area contributed by atoms with Gasteiger partial charge in [0.05, 0.1) is 12.6 Å². The van der Waals surface area contributed by atoms with E-state index < -0.39 is 0 Å². The van der Waals surface area contributed by atoms with E-state index in [0.717, 1.165) is 9.99 Å². The molecular formula is C10H11BrN2O. The fourth-order valence-electron chi connectivity index (χ4n) is 1.48. The third kappa shape index (κ3) is 1.68. The van der Waals surface area contributed by atoms with Crippen LogP contribution in [0.1, 0.15) is 5.56 Å². The van der Waals surface area contributed by atoms with Crippen LogP contribution in [0.4, 0.5) is 0 Å². The third-order valence-electron chi connectivity index (χ3n) is 2.16. The number of H-pyrrole nitrogens is 1. The Morgan fingerprint density at radius 3 is 3.14 bits per heavy atom. The Kier molecular flexibility index (Phi) is 2.86. The normalized spacial score (nSPS) is 11.0. The van der Waals surface area contributed by atoms with E-state index in [-0.39, 0.29) is 0 Å². The van der Waals surface area contributed by atoms with Gasteiger partial charge in [-0.2, -0.15) is 5.48 Å². The molecule has 0 fully saturated rings. The molecule has 0 aliphatic carbocycles. The Bertz CT molecular complexity index is 439. The Balaban J connectivity index is 2.44. The summed E-state index contributed by atoms with van der Waals surface area (Å²) in [7, 11) is 1.62. The van der Waals surface area contributed by atoms with Crippen molar-refractivity contribution in [2.45, 2.75) is 6.54 Å². The number of fused-ring (bicyclic) bond motifs is 1. The van der Waals surface area contributed by atoms with Gasteiger partial charge >= 0.3 is 0 Å². The lowest BCUT2D eigenvalue weighted by molar-refractivity contribution is 0.0870. The molecule has 0 amide bonds. The van der Waals surface area contributed by atoms with Gasteiger partial charge in [0, 0.05) is 22.6 Å². The first kappa shape index (κ1) is 9.71. The summed E-state index contributed by atoms with van der Waals surface area (Å²) in [6.45, 7) is 0.695. The smallest absolute Gasteiger partial charge is 0.0572 e. The zero-order valence-corrected chi connectivity index (χ0v) is 9.39. The second kappa shape index (κ2) is 4.13. The maximum Gasteiger partial charge on any atom is 0.0572 e. The molecule has 0 saturated carbocycles. The molecule has 2 aromatic rings. The summed E-state index contributed by atoms with van der Waals surface area (Å²) in [6, 6.07) is 6.18. The Morgan fingerprint density at radius 2 is 2.36 bits per heavy atom. The number of aromatic amines is 1. The van der Waals surface area contributed by atoms with Crippen molar-refractivity contribution in [3.05, 3.63) is 34.4 Å². The van der Waals surface area contributed by atoms with Gasteiger partial charge in [0.15, 0.2) is 0 Å². The summed E-state index contributed by atoms with van der Waals surface area (Å²) in [4.78, 5) is 8.05. The number of benzene rings is 1. The van der Waals surface area contributed by atoms with Gasteiger partial charge in [0.2, 0.25) is 0 Å². The standard InChI is InChI=1S/C10H11BrN2O/c1-14-13-5-7-3-2-4-8-9(11)6-12-10(7)8/h2-4,6,12-13H,5H2,1H3. The topological polar surface area (TPSA) is 37.0 Å². The summed E-state index contributed by atoms with van der Waals surface area (Å²) < 4.78 is 1.09. The second-order valence-electron chi connectivity index (χ2n) is 3.00. The molecule has 1 aromatic carbocycles. The molecule has 14 heavy (non-hydrogen) atoms. The van der Waals surface area contributed by atoms with E-state index in [1.807, 2.05) is 12.3 Å². The van der Waals surface area contributed by atoms with Crippen LogP contribution in [0.3, 0.4) is 0 Å². The van der Waals surface area contributed by atoms with Crippen molar-refractivity contribution < 1.29 is 4.84 Å². The molecule has 0 bridgehead atoms. The number of halogens is 1. The van der Waals surface area contributed by atoms with Gasteiger partial charge in [0.1, 0.15) is 0 Å². The minimum atomic E-state index is 0.695. The molecule has 1 aromatic heterocycles. The number of hydrogen-bond acceptors (Lipinski definition) is 2. The van der Waals surface area contributed by atoms with Crippen molar-refractivity contribution in [3.8, 4) is 0 Å². The predicted molar refractivity (Wildman–Crippen MR) is 59.8 cm³/mol. The highest BCUT2D eigenvalue weighted by atomic mass is 79.9. The molecule has 0 unspecified atom stereocenters. The molecule has 0 spiro atoms. The average Bonchev–Trinajstić information content (AvgIpc) is 2.58. The third-order valence-corrected chi connectivity index (χ3v) is 2.81. The first-order valence-electron chi connectivity index (χ1n) is 4.33. The molecule has 0 saturated heterocycles. The highest BCUT2D eigenvalue weighted by Crippen LogP contribution is 2.25. The molecule has 4 heteroatoms. The molecule has 74 valence electrons. The summed E-state index contributed by atoms with van der Waals surface area (Å²) in [6.07, 6.45) is 1.95. The van der Waals surface area contributed by atoms with Crippen LogP contribution in [0.15, 0.2) is 28.9 Å². The van der Waals surface area contributed by atoms with Gasteiger partial charge in [-0.05, 0) is 21.5 Å². The maximum atomic E-state index is 4.83. The van der Waals surface area contributed by atoms with E-state index in [1.165, 1.54) is 10.9 Å². The predicted octanol–water partition coefficient (Wildman–Crippen LogP) is 2.58. The van der Waals surface area contributed by atoms with Crippen molar-refractivity contribution in [2.75, 3.05) is 7.11 Å². The van der Waals surface area contributed by atoms with Crippen LogP contribution in [0, 0.1) is 0 Å². The lowest BCUT2D eigenvalue weighted by Gasteiger charge is -2.03. The van der Waals surface area contributed by atoms with Crippen LogP contribution in [0.5, 0.6) is 0 Å². The van der Waals surface area contributed by atoms with Crippen LogP contribution >= 0.6 is 15.9 Å². The zero-order chi connectivity index (χ0) is 9.97. The van der Waals surface area contributed by atoms with E-state index in [4.69, 9.17) is 4.84 Å². The first-order chi connectivity index (χ1) is 6.83. The minimum absolute atomic E-state index is 0.695. The summed E-state index contributed by atoms with van der Waals surface area (Å²) in [5.74, 6) is 0. The van der Waals surface area contributed by atoms with Gasteiger partial charge in [-0.25, -0.2) is 0 Å². The summed E-state index contributed by atoms with van der Waals surface area (Å²) in [5.41, 5.74) is 5.16.